The van der Waals surface area contributed by atoms with Gasteiger partial charge in [-0.2, -0.15) is 5.10 Å². The molecule has 0 aliphatic heterocycles. The zero-order valence-electron chi connectivity index (χ0n) is 16.0. The summed E-state index contributed by atoms with van der Waals surface area (Å²) in [6.45, 7) is 4.12. The van der Waals surface area contributed by atoms with Crippen LogP contribution in [0.4, 0.5) is 10.2 Å². The maximum Gasteiger partial charge on any atom is 0.228 e. The van der Waals surface area contributed by atoms with E-state index in [4.69, 9.17) is 5.10 Å². The fourth-order valence-electron chi connectivity index (χ4n) is 3.25. The minimum absolute atomic E-state index is 0.0348. The molecule has 0 bridgehead atoms. The van der Waals surface area contributed by atoms with Crippen molar-refractivity contribution in [3.8, 4) is 22.4 Å². The molecule has 1 aromatic carbocycles. The number of nitrogens with one attached hydrogen (secondary N) is 1. The van der Waals surface area contributed by atoms with Gasteiger partial charge < -0.3 is 5.32 Å². The molecule has 2 aromatic heterocycles. The van der Waals surface area contributed by atoms with E-state index < -0.39 is 0 Å². The second-order valence-corrected chi connectivity index (χ2v) is 7.52. The summed E-state index contributed by atoms with van der Waals surface area (Å²) in [5.41, 5.74) is 3.44. The Morgan fingerprint density at radius 1 is 1.18 bits per heavy atom. The van der Waals surface area contributed by atoms with E-state index in [2.05, 4.69) is 24.1 Å². The fraction of sp³-hybridized carbons (Fsp3) is 0.318. The molecule has 4 rings (SSSR count). The summed E-state index contributed by atoms with van der Waals surface area (Å²) >= 11 is 0. The molecule has 1 aliphatic rings. The Labute approximate surface area is 163 Å². The molecular formula is C22H23FN4O. The minimum Gasteiger partial charge on any atom is -0.310 e. The van der Waals surface area contributed by atoms with Crippen molar-refractivity contribution in [1.82, 2.24) is 14.8 Å². The first-order valence-corrected chi connectivity index (χ1v) is 9.63. The zero-order chi connectivity index (χ0) is 19.7. The van der Waals surface area contributed by atoms with Crippen LogP contribution in [0.3, 0.4) is 0 Å². The van der Waals surface area contributed by atoms with Crippen molar-refractivity contribution in [2.45, 2.75) is 39.2 Å². The van der Waals surface area contributed by atoms with Gasteiger partial charge in [-0.1, -0.05) is 6.42 Å². The predicted octanol–water partition coefficient (Wildman–Crippen LogP) is 5.07. The third-order valence-corrected chi connectivity index (χ3v) is 5.18. The zero-order valence-corrected chi connectivity index (χ0v) is 16.0. The highest BCUT2D eigenvalue weighted by Gasteiger charge is 2.25. The van der Waals surface area contributed by atoms with Gasteiger partial charge in [0.2, 0.25) is 5.91 Å². The van der Waals surface area contributed by atoms with Gasteiger partial charge in [-0.3, -0.25) is 9.48 Å². The molecule has 0 atom stereocenters. The largest absolute Gasteiger partial charge is 0.310 e. The molecule has 1 fully saturated rings. The predicted molar refractivity (Wildman–Crippen MR) is 107 cm³/mol. The Hall–Kier alpha value is -3.02. The SMILES string of the molecule is CC(C)n1cc(-c2ccnc(NC(=O)C3CCC3)c2)c(-c2ccc(F)cc2)n1. The molecule has 1 amide bonds. The Bertz CT molecular complexity index is 990. The van der Waals surface area contributed by atoms with Crippen LogP contribution in [-0.2, 0) is 4.79 Å². The molecule has 3 aromatic rings. The molecule has 5 nitrogen and oxygen atoms in total. The Kier molecular flexibility index (Phi) is 4.94. The standard InChI is InChI=1S/C22H23FN4O/c1-14(2)27-13-19(21(26-27)15-6-8-18(23)9-7-15)17-10-11-24-20(12-17)25-22(28)16-4-3-5-16/h6-14,16H,3-5H2,1-2H3,(H,24,25,28). The van der Waals surface area contributed by atoms with Gasteiger partial charge in [0.1, 0.15) is 17.3 Å². The number of amides is 1. The topological polar surface area (TPSA) is 59.8 Å². The normalized spacial score (nSPS) is 14.1. The van der Waals surface area contributed by atoms with Crippen LogP contribution in [0.2, 0.25) is 0 Å². The van der Waals surface area contributed by atoms with Crippen LogP contribution in [0.25, 0.3) is 22.4 Å². The first kappa shape index (κ1) is 18.3. The Morgan fingerprint density at radius 3 is 2.57 bits per heavy atom. The van der Waals surface area contributed by atoms with Gasteiger partial charge in [0.05, 0.1) is 0 Å². The van der Waals surface area contributed by atoms with Crippen molar-refractivity contribution < 1.29 is 9.18 Å². The first-order valence-electron chi connectivity index (χ1n) is 9.63. The average Bonchev–Trinajstić information content (AvgIpc) is 3.07. The second-order valence-electron chi connectivity index (χ2n) is 7.52. The summed E-state index contributed by atoms with van der Waals surface area (Å²) in [5.74, 6) is 0.395. The van der Waals surface area contributed by atoms with Crippen LogP contribution >= 0.6 is 0 Å². The lowest BCUT2D eigenvalue weighted by molar-refractivity contribution is -0.122. The van der Waals surface area contributed by atoms with Crippen LogP contribution in [0, 0.1) is 11.7 Å². The number of nitrogens with zero attached hydrogens (tertiary/aromatic N) is 3. The van der Waals surface area contributed by atoms with Gasteiger partial charge >= 0.3 is 0 Å². The van der Waals surface area contributed by atoms with Crippen molar-refractivity contribution in [3.63, 3.8) is 0 Å². The van der Waals surface area contributed by atoms with Crippen LogP contribution in [0.15, 0.2) is 48.8 Å². The van der Waals surface area contributed by atoms with Gasteiger partial charge in [0.15, 0.2) is 0 Å². The molecule has 1 saturated carbocycles. The number of hydrogen-bond acceptors (Lipinski definition) is 3. The van der Waals surface area contributed by atoms with E-state index in [0.717, 1.165) is 41.6 Å². The first-order chi connectivity index (χ1) is 13.5. The third-order valence-electron chi connectivity index (χ3n) is 5.18. The number of aromatic nitrogens is 3. The molecule has 0 spiro atoms. The molecule has 1 N–H and O–H groups in total. The smallest absolute Gasteiger partial charge is 0.228 e. The monoisotopic (exact) mass is 378 g/mol. The lowest BCUT2D eigenvalue weighted by Gasteiger charge is -2.23. The van der Waals surface area contributed by atoms with E-state index in [0.29, 0.717) is 5.82 Å². The van der Waals surface area contributed by atoms with E-state index in [9.17, 15) is 9.18 Å². The highest BCUT2D eigenvalue weighted by molar-refractivity contribution is 5.93. The number of anilines is 1. The van der Waals surface area contributed by atoms with Gasteiger partial charge in [-0.25, -0.2) is 9.37 Å². The van der Waals surface area contributed by atoms with Gasteiger partial charge in [-0.05, 0) is 68.7 Å². The highest BCUT2D eigenvalue weighted by Crippen LogP contribution is 2.33. The maximum atomic E-state index is 13.4. The second kappa shape index (κ2) is 7.54. The number of rotatable bonds is 5. The van der Waals surface area contributed by atoms with Crippen molar-refractivity contribution in [2.75, 3.05) is 5.32 Å². The molecule has 0 radical (unpaired) electrons. The lowest BCUT2D eigenvalue weighted by atomic mass is 9.85. The molecule has 6 heteroatoms. The van der Waals surface area contributed by atoms with Gasteiger partial charge in [-0.15, -0.1) is 0 Å². The van der Waals surface area contributed by atoms with Crippen LogP contribution in [0.1, 0.15) is 39.2 Å². The quantitative estimate of drug-likeness (QED) is 0.674. The number of carbonyl (C=O) groups excluding carboxylic acids is 1. The van der Waals surface area contributed by atoms with Crippen molar-refractivity contribution in [1.29, 1.82) is 0 Å². The van der Waals surface area contributed by atoms with Crippen LogP contribution in [-0.4, -0.2) is 20.7 Å². The fourth-order valence-corrected chi connectivity index (χ4v) is 3.25. The third kappa shape index (κ3) is 3.67. The van der Waals surface area contributed by atoms with Crippen molar-refractivity contribution in [2.24, 2.45) is 5.92 Å². The Balaban J connectivity index is 1.70. The molecule has 0 unspecified atom stereocenters. The summed E-state index contributed by atoms with van der Waals surface area (Å²) in [6.07, 6.45) is 6.67. The van der Waals surface area contributed by atoms with E-state index >= 15 is 0 Å². The number of benzene rings is 1. The lowest BCUT2D eigenvalue weighted by Crippen LogP contribution is -2.28. The summed E-state index contributed by atoms with van der Waals surface area (Å²) in [5, 5.41) is 7.64. The highest BCUT2D eigenvalue weighted by atomic mass is 19.1. The molecule has 2 heterocycles. The molecule has 144 valence electrons. The minimum atomic E-state index is -0.279. The number of halogens is 1. The molecular weight excluding hydrogens is 355 g/mol. The van der Waals surface area contributed by atoms with Crippen molar-refractivity contribution in [3.05, 3.63) is 54.6 Å². The molecule has 0 saturated heterocycles. The number of carbonyl (C=O) groups is 1. The summed E-state index contributed by atoms with van der Waals surface area (Å²) in [7, 11) is 0. The van der Waals surface area contributed by atoms with E-state index in [-0.39, 0.29) is 23.7 Å². The summed E-state index contributed by atoms with van der Waals surface area (Å²) in [4.78, 5) is 16.5. The van der Waals surface area contributed by atoms with E-state index in [1.807, 2.05) is 23.0 Å². The average molecular weight is 378 g/mol. The number of pyridine rings is 1. The van der Waals surface area contributed by atoms with Crippen molar-refractivity contribution >= 4 is 11.7 Å². The van der Waals surface area contributed by atoms with Crippen LogP contribution < -0.4 is 5.32 Å². The van der Waals surface area contributed by atoms with Crippen LogP contribution in [0.5, 0.6) is 0 Å². The number of hydrogen-bond donors (Lipinski definition) is 1. The molecule has 1 aliphatic carbocycles. The summed E-state index contributed by atoms with van der Waals surface area (Å²) < 4.78 is 15.2. The van der Waals surface area contributed by atoms with E-state index in [1.165, 1.54) is 12.1 Å². The Morgan fingerprint density at radius 2 is 1.93 bits per heavy atom. The van der Waals surface area contributed by atoms with Gasteiger partial charge in [0.25, 0.3) is 0 Å². The van der Waals surface area contributed by atoms with Gasteiger partial charge in [0, 0.05) is 35.5 Å². The summed E-state index contributed by atoms with van der Waals surface area (Å²) in [6, 6.07) is 10.3. The maximum absolute atomic E-state index is 13.4. The van der Waals surface area contributed by atoms with E-state index in [1.54, 1.807) is 18.3 Å². The molecule has 28 heavy (non-hydrogen) atoms.